The largest absolute Gasteiger partial charge is 0.494 e. The van der Waals surface area contributed by atoms with Gasteiger partial charge in [0.25, 0.3) is 0 Å². The van der Waals surface area contributed by atoms with E-state index in [0.29, 0.717) is 0 Å². The Labute approximate surface area is 171 Å². The Morgan fingerprint density at radius 2 is 2.07 bits per heavy atom. The van der Waals surface area contributed by atoms with Crippen LogP contribution in [0.15, 0.2) is 48.5 Å². The monoisotopic (exact) mass is 406 g/mol. The van der Waals surface area contributed by atoms with Crippen molar-refractivity contribution in [2.45, 2.75) is 12.5 Å². The van der Waals surface area contributed by atoms with Gasteiger partial charge in [-0.1, -0.05) is 35.7 Å². The van der Waals surface area contributed by atoms with Crippen molar-refractivity contribution in [2.75, 3.05) is 50.5 Å². The van der Waals surface area contributed by atoms with Crippen molar-refractivity contribution in [1.29, 1.82) is 0 Å². The van der Waals surface area contributed by atoms with Gasteiger partial charge in [0, 0.05) is 43.6 Å². The molecule has 3 rings (SSSR count). The average molecular weight is 407 g/mol. The van der Waals surface area contributed by atoms with E-state index in [1.165, 1.54) is 5.69 Å². The topological polar surface area (TPSA) is 24.9 Å². The number of hydrogen-bond donors (Lipinski definition) is 0. The molecule has 2 aromatic rings. The molecular weight excluding hydrogens is 380 g/mol. The molecule has 0 spiro atoms. The number of ether oxygens (including phenoxy) is 2. The SMILES string of the molecule is CSN(C)c1ccc(OCCCN2CCOC(c3cccc(Cl)c3)C2)cc1. The summed E-state index contributed by atoms with van der Waals surface area (Å²) in [6.45, 7) is 4.34. The molecule has 0 aliphatic carbocycles. The quantitative estimate of drug-likeness (QED) is 0.458. The highest BCUT2D eigenvalue weighted by atomic mass is 35.5. The lowest BCUT2D eigenvalue weighted by Gasteiger charge is -2.33. The van der Waals surface area contributed by atoms with Gasteiger partial charge >= 0.3 is 0 Å². The summed E-state index contributed by atoms with van der Waals surface area (Å²) < 4.78 is 13.9. The van der Waals surface area contributed by atoms with Gasteiger partial charge in [-0.2, -0.15) is 0 Å². The van der Waals surface area contributed by atoms with Crippen molar-refractivity contribution < 1.29 is 9.47 Å². The van der Waals surface area contributed by atoms with Crippen LogP contribution in [-0.4, -0.2) is 51.1 Å². The minimum atomic E-state index is 0.0966. The molecule has 0 amide bonds. The zero-order chi connectivity index (χ0) is 19.1. The number of rotatable bonds is 8. The molecule has 1 aliphatic rings. The van der Waals surface area contributed by atoms with Crippen molar-refractivity contribution in [3.05, 3.63) is 59.1 Å². The molecule has 6 heteroatoms. The Hall–Kier alpha value is -1.40. The lowest BCUT2D eigenvalue weighted by atomic mass is 10.1. The third kappa shape index (κ3) is 6.04. The average Bonchev–Trinajstić information content (AvgIpc) is 2.71. The number of anilines is 1. The van der Waals surface area contributed by atoms with Crippen molar-refractivity contribution in [3.63, 3.8) is 0 Å². The highest BCUT2D eigenvalue weighted by Gasteiger charge is 2.21. The Bertz CT molecular complexity index is 714. The first-order valence-electron chi connectivity index (χ1n) is 9.26. The molecule has 0 saturated carbocycles. The Kier molecular flexibility index (Phi) is 7.70. The fourth-order valence-corrected chi connectivity index (χ4v) is 3.68. The molecule has 1 saturated heterocycles. The molecule has 0 N–H and O–H groups in total. The van der Waals surface area contributed by atoms with E-state index < -0.39 is 0 Å². The second kappa shape index (κ2) is 10.2. The third-order valence-electron chi connectivity index (χ3n) is 4.73. The van der Waals surface area contributed by atoms with Crippen LogP contribution in [0.3, 0.4) is 0 Å². The molecule has 1 atom stereocenters. The van der Waals surface area contributed by atoms with Crippen LogP contribution in [0.4, 0.5) is 5.69 Å². The Morgan fingerprint density at radius 1 is 1.26 bits per heavy atom. The van der Waals surface area contributed by atoms with Crippen molar-refractivity contribution in [2.24, 2.45) is 0 Å². The first-order chi connectivity index (χ1) is 13.2. The van der Waals surface area contributed by atoms with Gasteiger partial charge < -0.3 is 13.8 Å². The standard InChI is InChI=1S/C21H27ClN2O2S/c1-23(27-2)19-7-9-20(10-8-19)25-13-4-11-24-12-14-26-21(16-24)17-5-3-6-18(22)15-17/h3,5-10,15,21H,4,11-14,16H2,1-2H3. The van der Waals surface area contributed by atoms with Gasteiger partial charge in [-0.15, -0.1) is 0 Å². The number of benzene rings is 2. The summed E-state index contributed by atoms with van der Waals surface area (Å²) in [6, 6.07) is 16.2. The van der Waals surface area contributed by atoms with Crippen molar-refractivity contribution in [3.8, 4) is 5.75 Å². The molecular formula is C21H27ClN2O2S. The van der Waals surface area contributed by atoms with Gasteiger partial charge in [-0.05, 0) is 48.4 Å². The minimum absolute atomic E-state index is 0.0966. The van der Waals surface area contributed by atoms with E-state index in [9.17, 15) is 0 Å². The zero-order valence-electron chi connectivity index (χ0n) is 15.9. The Morgan fingerprint density at radius 3 is 2.81 bits per heavy atom. The third-order valence-corrected chi connectivity index (χ3v) is 5.73. The van der Waals surface area contributed by atoms with E-state index >= 15 is 0 Å². The van der Waals surface area contributed by atoms with E-state index in [1.807, 2.05) is 30.3 Å². The molecule has 1 heterocycles. The molecule has 2 aromatic carbocycles. The summed E-state index contributed by atoms with van der Waals surface area (Å²) in [6.07, 6.45) is 3.15. The van der Waals surface area contributed by atoms with E-state index in [-0.39, 0.29) is 6.10 Å². The summed E-state index contributed by atoms with van der Waals surface area (Å²) in [5, 5.41) is 0.761. The maximum atomic E-state index is 6.11. The van der Waals surface area contributed by atoms with E-state index in [1.54, 1.807) is 11.9 Å². The summed E-state index contributed by atoms with van der Waals surface area (Å²) in [5.41, 5.74) is 2.33. The molecule has 27 heavy (non-hydrogen) atoms. The molecule has 0 radical (unpaired) electrons. The van der Waals surface area contributed by atoms with Gasteiger partial charge in [0.2, 0.25) is 0 Å². The van der Waals surface area contributed by atoms with Crippen LogP contribution in [0.2, 0.25) is 5.02 Å². The molecule has 0 aromatic heterocycles. The van der Waals surface area contributed by atoms with Crippen molar-refractivity contribution >= 4 is 29.2 Å². The lowest BCUT2D eigenvalue weighted by molar-refractivity contribution is -0.0310. The van der Waals surface area contributed by atoms with Crippen LogP contribution in [0.1, 0.15) is 18.1 Å². The first kappa shape index (κ1) is 20.3. The second-order valence-corrected chi connectivity index (χ2v) is 7.94. The number of hydrogen-bond acceptors (Lipinski definition) is 5. The number of nitrogens with zero attached hydrogens (tertiary/aromatic N) is 2. The predicted molar refractivity (Wildman–Crippen MR) is 115 cm³/mol. The van der Waals surface area contributed by atoms with Crippen LogP contribution in [0, 0.1) is 0 Å². The summed E-state index contributed by atoms with van der Waals surface area (Å²) in [7, 11) is 2.06. The maximum Gasteiger partial charge on any atom is 0.119 e. The molecule has 146 valence electrons. The van der Waals surface area contributed by atoms with Gasteiger partial charge in [0.05, 0.1) is 19.3 Å². The molecule has 4 nitrogen and oxygen atoms in total. The molecule has 1 fully saturated rings. The summed E-state index contributed by atoms with van der Waals surface area (Å²) in [4.78, 5) is 2.44. The van der Waals surface area contributed by atoms with Crippen LogP contribution in [0.25, 0.3) is 0 Å². The summed E-state index contributed by atoms with van der Waals surface area (Å²) >= 11 is 7.80. The number of halogens is 1. The van der Waals surface area contributed by atoms with Crippen LogP contribution in [0.5, 0.6) is 5.75 Å². The predicted octanol–water partition coefficient (Wildman–Crippen LogP) is 4.90. The van der Waals surface area contributed by atoms with Gasteiger partial charge in [-0.25, -0.2) is 0 Å². The zero-order valence-corrected chi connectivity index (χ0v) is 17.5. The Balaban J connectivity index is 1.41. The van der Waals surface area contributed by atoms with Crippen LogP contribution in [-0.2, 0) is 4.74 Å². The summed E-state index contributed by atoms with van der Waals surface area (Å²) in [5.74, 6) is 0.923. The van der Waals surface area contributed by atoms with Crippen LogP contribution >= 0.6 is 23.5 Å². The fraction of sp³-hybridized carbons (Fsp3) is 0.429. The van der Waals surface area contributed by atoms with Crippen molar-refractivity contribution in [1.82, 2.24) is 4.90 Å². The molecule has 1 unspecified atom stereocenters. The van der Waals surface area contributed by atoms with E-state index in [2.05, 4.69) is 40.7 Å². The highest BCUT2D eigenvalue weighted by Crippen LogP contribution is 2.25. The number of morpholine rings is 1. The molecule has 1 aliphatic heterocycles. The van der Waals surface area contributed by atoms with Gasteiger partial charge in [0.15, 0.2) is 0 Å². The van der Waals surface area contributed by atoms with Gasteiger partial charge in [0.1, 0.15) is 5.75 Å². The fourth-order valence-electron chi connectivity index (χ4n) is 3.15. The normalized spacial score (nSPS) is 17.7. The van der Waals surface area contributed by atoms with Crippen LogP contribution < -0.4 is 9.04 Å². The smallest absolute Gasteiger partial charge is 0.119 e. The highest BCUT2D eigenvalue weighted by molar-refractivity contribution is 7.99. The van der Waals surface area contributed by atoms with E-state index in [0.717, 1.165) is 55.6 Å². The second-order valence-electron chi connectivity index (χ2n) is 6.59. The lowest BCUT2D eigenvalue weighted by Crippen LogP contribution is -2.39. The molecule has 0 bridgehead atoms. The van der Waals surface area contributed by atoms with Gasteiger partial charge in [-0.3, -0.25) is 4.90 Å². The van der Waals surface area contributed by atoms with E-state index in [4.69, 9.17) is 21.1 Å². The maximum absolute atomic E-state index is 6.11. The first-order valence-corrected chi connectivity index (χ1v) is 10.8. The minimum Gasteiger partial charge on any atom is -0.494 e.